The number of hydrogen-bond acceptors (Lipinski definition) is 4. The van der Waals surface area contributed by atoms with Gasteiger partial charge in [0.15, 0.2) is 18.2 Å². The second-order valence-electron chi connectivity index (χ2n) is 5.33. The summed E-state index contributed by atoms with van der Waals surface area (Å²) in [5.74, 6) is -1.93. The lowest BCUT2D eigenvalue weighted by Crippen LogP contribution is -2.21. The molecular weight excluding hydrogens is 340 g/mol. The molecule has 0 bridgehead atoms. The molecule has 2 aromatic carbocycles. The van der Waals surface area contributed by atoms with Gasteiger partial charge in [-0.25, -0.2) is 13.8 Å². The summed E-state index contributed by atoms with van der Waals surface area (Å²) in [5.41, 5.74) is 1.67. The number of nitrogens with zero attached hydrogens (tertiary/aromatic N) is 1. The summed E-state index contributed by atoms with van der Waals surface area (Å²) in [7, 11) is 0. The van der Waals surface area contributed by atoms with Crippen molar-refractivity contribution >= 4 is 23.1 Å². The number of amides is 1. The summed E-state index contributed by atoms with van der Waals surface area (Å²) >= 11 is 0. The average Bonchev–Trinajstić information content (AvgIpc) is 2.65. The monoisotopic (exact) mass is 355 g/mol. The van der Waals surface area contributed by atoms with Crippen molar-refractivity contribution in [3.63, 3.8) is 0 Å². The molecule has 3 rings (SSSR count). The van der Waals surface area contributed by atoms with Crippen LogP contribution >= 0.6 is 0 Å². The van der Waals surface area contributed by atoms with Gasteiger partial charge >= 0.3 is 0 Å². The van der Waals surface area contributed by atoms with E-state index in [1.807, 2.05) is 30.3 Å². The Hall–Kier alpha value is -3.48. The van der Waals surface area contributed by atoms with Crippen molar-refractivity contribution < 1.29 is 18.3 Å². The fourth-order valence-electron chi connectivity index (χ4n) is 2.14. The number of hydrogen-bond donors (Lipinski definition) is 2. The molecule has 0 radical (unpaired) electrons. The first-order valence-electron chi connectivity index (χ1n) is 7.76. The Balaban J connectivity index is 1.53. The Bertz CT molecular complexity index is 887. The Morgan fingerprint density at radius 2 is 1.81 bits per heavy atom. The zero-order valence-corrected chi connectivity index (χ0v) is 13.6. The minimum absolute atomic E-state index is 0.317. The highest BCUT2D eigenvalue weighted by atomic mass is 19.1. The number of carbonyl (C=O) groups is 1. The van der Waals surface area contributed by atoms with E-state index < -0.39 is 24.1 Å². The lowest BCUT2D eigenvalue weighted by atomic mass is 10.3. The molecule has 5 nitrogen and oxygen atoms in total. The van der Waals surface area contributed by atoms with Gasteiger partial charge in [0.2, 0.25) is 0 Å². The highest BCUT2D eigenvalue weighted by molar-refractivity contribution is 5.91. The molecule has 0 saturated carbocycles. The van der Waals surface area contributed by atoms with Crippen molar-refractivity contribution in [2.45, 2.75) is 0 Å². The van der Waals surface area contributed by atoms with Gasteiger partial charge in [0.1, 0.15) is 11.6 Å². The summed E-state index contributed by atoms with van der Waals surface area (Å²) in [6.07, 6.45) is 1.57. The number of nitrogens with one attached hydrogen (secondary N) is 2. The number of para-hydroxylation sites is 1. The van der Waals surface area contributed by atoms with Crippen molar-refractivity contribution in [1.29, 1.82) is 0 Å². The van der Waals surface area contributed by atoms with Crippen LogP contribution < -0.4 is 15.4 Å². The van der Waals surface area contributed by atoms with Gasteiger partial charge < -0.3 is 15.4 Å². The molecule has 0 saturated heterocycles. The first kappa shape index (κ1) is 17.3. The molecule has 2 N–H and O–H groups in total. The van der Waals surface area contributed by atoms with Crippen molar-refractivity contribution in [2.75, 3.05) is 17.2 Å². The number of pyridine rings is 1. The molecule has 0 aliphatic rings. The number of halogens is 2. The molecule has 0 atom stereocenters. The van der Waals surface area contributed by atoms with E-state index in [-0.39, 0.29) is 5.75 Å². The molecule has 0 aliphatic heterocycles. The van der Waals surface area contributed by atoms with Crippen LogP contribution in [0.4, 0.5) is 26.0 Å². The van der Waals surface area contributed by atoms with E-state index in [2.05, 4.69) is 15.6 Å². The SMILES string of the molecule is O=C(COc1cc(F)ccc1F)Nc1ccc(Nc2ccccc2)cn1. The number of anilines is 3. The van der Waals surface area contributed by atoms with Crippen molar-refractivity contribution in [2.24, 2.45) is 0 Å². The molecule has 1 heterocycles. The molecule has 132 valence electrons. The highest BCUT2D eigenvalue weighted by Crippen LogP contribution is 2.18. The Kier molecular flexibility index (Phi) is 5.38. The van der Waals surface area contributed by atoms with Crippen molar-refractivity contribution in [1.82, 2.24) is 4.98 Å². The molecule has 0 fully saturated rings. The third kappa shape index (κ3) is 4.76. The fraction of sp³-hybridized carbons (Fsp3) is 0.0526. The molecule has 0 aliphatic carbocycles. The van der Waals surface area contributed by atoms with Gasteiger partial charge in [-0.05, 0) is 36.4 Å². The molecule has 1 aromatic heterocycles. The molecule has 1 amide bonds. The minimum Gasteiger partial charge on any atom is -0.481 e. The maximum atomic E-state index is 13.4. The normalized spacial score (nSPS) is 10.2. The molecule has 0 spiro atoms. The van der Waals surface area contributed by atoms with Crippen LogP contribution in [0, 0.1) is 11.6 Å². The lowest BCUT2D eigenvalue weighted by Gasteiger charge is -2.09. The van der Waals surface area contributed by atoms with Crippen LogP contribution in [0.3, 0.4) is 0 Å². The third-order valence-electron chi connectivity index (χ3n) is 3.35. The summed E-state index contributed by atoms with van der Waals surface area (Å²) in [5, 5.41) is 5.68. The lowest BCUT2D eigenvalue weighted by molar-refractivity contribution is -0.118. The molecular formula is C19H15F2N3O2. The number of aromatic nitrogens is 1. The summed E-state index contributed by atoms with van der Waals surface area (Å²) in [6.45, 7) is -0.466. The average molecular weight is 355 g/mol. The largest absolute Gasteiger partial charge is 0.481 e. The van der Waals surface area contributed by atoms with Crippen LogP contribution in [-0.2, 0) is 4.79 Å². The Labute approximate surface area is 148 Å². The van der Waals surface area contributed by atoms with E-state index >= 15 is 0 Å². The van der Waals surface area contributed by atoms with Crippen molar-refractivity contribution in [3.05, 3.63) is 78.5 Å². The summed E-state index contributed by atoms with van der Waals surface area (Å²) in [6, 6.07) is 15.7. The number of benzene rings is 2. The molecule has 3 aromatic rings. The van der Waals surface area contributed by atoms with Crippen LogP contribution in [-0.4, -0.2) is 17.5 Å². The second kappa shape index (κ2) is 8.06. The van der Waals surface area contributed by atoms with Crippen LogP contribution in [0.5, 0.6) is 5.75 Å². The fourth-order valence-corrected chi connectivity index (χ4v) is 2.14. The van der Waals surface area contributed by atoms with Gasteiger partial charge in [0.25, 0.3) is 5.91 Å². The van der Waals surface area contributed by atoms with Gasteiger partial charge in [0.05, 0.1) is 11.9 Å². The Morgan fingerprint density at radius 1 is 1.00 bits per heavy atom. The summed E-state index contributed by atoms with van der Waals surface area (Å²) in [4.78, 5) is 16.0. The smallest absolute Gasteiger partial charge is 0.263 e. The molecule has 7 heteroatoms. The van der Waals surface area contributed by atoms with Crippen LogP contribution in [0.25, 0.3) is 0 Å². The second-order valence-corrected chi connectivity index (χ2v) is 5.33. The Morgan fingerprint density at radius 3 is 2.54 bits per heavy atom. The predicted molar refractivity (Wildman–Crippen MR) is 94.4 cm³/mol. The van der Waals surface area contributed by atoms with Gasteiger partial charge in [0, 0.05) is 11.8 Å². The highest BCUT2D eigenvalue weighted by Gasteiger charge is 2.09. The third-order valence-corrected chi connectivity index (χ3v) is 3.35. The van der Waals surface area contributed by atoms with Gasteiger partial charge in [-0.15, -0.1) is 0 Å². The van der Waals surface area contributed by atoms with Crippen LogP contribution in [0.2, 0.25) is 0 Å². The first-order valence-corrected chi connectivity index (χ1v) is 7.76. The van der Waals surface area contributed by atoms with Gasteiger partial charge in [-0.3, -0.25) is 4.79 Å². The van der Waals surface area contributed by atoms with E-state index in [9.17, 15) is 13.6 Å². The van der Waals surface area contributed by atoms with E-state index in [1.54, 1.807) is 18.3 Å². The number of rotatable bonds is 6. The van der Waals surface area contributed by atoms with Crippen molar-refractivity contribution in [3.8, 4) is 5.75 Å². The number of ether oxygens (including phenoxy) is 1. The number of carbonyl (C=O) groups excluding carboxylic acids is 1. The first-order chi connectivity index (χ1) is 12.6. The zero-order chi connectivity index (χ0) is 18.4. The van der Waals surface area contributed by atoms with E-state index in [0.717, 1.165) is 29.6 Å². The topological polar surface area (TPSA) is 63.2 Å². The maximum absolute atomic E-state index is 13.4. The van der Waals surface area contributed by atoms with Gasteiger partial charge in [-0.2, -0.15) is 0 Å². The van der Waals surface area contributed by atoms with E-state index in [1.165, 1.54) is 0 Å². The molecule has 0 unspecified atom stereocenters. The molecule has 26 heavy (non-hydrogen) atoms. The standard InChI is InChI=1S/C19H15F2N3O2/c20-13-6-8-16(21)17(10-13)26-12-19(25)24-18-9-7-15(11-22-18)23-14-4-2-1-3-5-14/h1-11,23H,12H2,(H,22,24,25). The predicted octanol–water partition coefficient (Wildman–Crippen LogP) is 4.12. The van der Waals surface area contributed by atoms with Gasteiger partial charge in [-0.1, -0.05) is 18.2 Å². The quantitative estimate of drug-likeness (QED) is 0.698. The van der Waals surface area contributed by atoms with E-state index in [4.69, 9.17) is 4.74 Å². The minimum atomic E-state index is -0.742. The maximum Gasteiger partial charge on any atom is 0.263 e. The zero-order valence-electron chi connectivity index (χ0n) is 13.6. The van der Waals surface area contributed by atoms with E-state index in [0.29, 0.717) is 5.82 Å². The van der Waals surface area contributed by atoms with Crippen LogP contribution in [0.1, 0.15) is 0 Å². The summed E-state index contributed by atoms with van der Waals surface area (Å²) < 4.78 is 31.5. The van der Waals surface area contributed by atoms with Crippen LogP contribution in [0.15, 0.2) is 66.9 Å².